The standard InChI is InChI=1S/C23H22F3N3O5/c1-22(2,3)33-21(31)27-16-12-32-19-14(23(24,25)26)8-6-9-17(19)29(20(16)30)11-15-13-7-4-5-10-18(13)34-28-15/h4-10,16H,11-12H2,1-3H3,(H,27,31). The van der Waals surface area contributed by atoms with Crippen molar-refractivity contribution in [1.82, 2.24) is 10.5 Å². The molecule has 2 amide bonds. The van der Waals surface area contributed by atoms with E-state index in [0.29, 0.717) is 16.7 Å². The van der Waals surface area contributed by atoms with Crippen LogP contribution in [0.5, 0.6) is 5.75 Å². The predicted octanol–water partition coefficient (Wildman–Crippen LogP) is 4.67. The summed E-state index contributed by atoms with van der Waals surface area (Å²) in [6, 6.07) is 9.00. The number of nitrogens with one attached hydrogen (secondary N) is 1. The van der Waals surface area contributed by atoms with Gasteiger partial charge in [-0.2, -0.15) is 13.2 Å². The minimum absolute atomic E-state index is 0.0969. The zero-order chi connectivity index (χ0) is 24.7. The van der Waals surface area contributed by atoms with Crippen LogP contribution in [-0.2, 0) is 22.3 Å². The average Bonchev–Trinajstić information content (AvgIpc) is 3.10. The highest BCUT2D eigenvalue weighted by atomic mass is 19.4. The van der Waals surface area contributed by atoms with Gasteiger partial charge in [0.05, 0.1) is 17.8 Å². The Morgan fingerprint density at radius 1 is 1.18 bits per heavy atom. The number of ether oxygens (including phenoxy) is 2. The van der Waals surface area contributed by atoms with Crippen molar-refractivity contribution < 1.29 is 36.8 Å². The number of rotatable bonds is 3. The van der Waals surface area contributed by atoms with Crippen LogP contribution in [0.4, 0.5) is 23.7 Å². The van der Waals surface area contributed by atoms with Crippen LogP contribution in [0.1, 0.15) is 32.0 Å². The molecule has 1 aliphatic rings. The van der Waals surface area contributed by atoms with Gasteiger partial charge in [-0.3, -0.25) is 4.79 Å². The number of halogens is 3. The van der Waals surface area contributed by atoms with E-state index in [1.165, 1.54) is 12.1 Å². The molecule has 0 spiro atoms. The van der Waals surface area contributed by atoms with Crippen molar-refractivity contribution in [3.8, 4) is 5.75 Å². The molecule has 1 unspecified atom stereocenters. The number of fused-ring (bicyclic) bond motifs is 2. The number of nitrogens with zero attached hydrogens (tertiary/aromatic N) is 2. The van der Waals surface area contributed by atoms with Crippen molar-refractivity contribution in [2.24, 2.45) is 0 Å². The van der Waals surface area contributed by atoms with E-state index < -0.39 is 47.7 Å². The molecule has 4 rings (SSSR count). The lowest BCUT2D eigenvalue weighted by atomic mass is 10.1. The number of para-hydroxylation sites is 2. The third-order valence-electron chi connectivity index (χ3n) is 5.00. The zero-order valence-corrected chi connectivity index (χ0v) is 18.6. The van der Waals surface area contributed by atoms with Gasteiger partial charge in [0, 0.05) is 5.39 Å². The first kappa shape index (κ1) is 23.4. The number of carbonyl (C=O) groups excluding carboxylic acids is 2. The number of alkyl carbamates (subject to hydrolysis) is 1. The maximum absolute atomic E-state index is 13.7. The average molecular weight is 477 g/mol. The molecular weight excluding hydrogens is 455 g/mol. The first-order valence-corrected chi connectivity index (χ1v) is 10.4. The highest BCUT2D eigenvalue weighted by molar-refractivity contribution is 6.01. The summed E-state index contributed by atoms with van der Waals surface area (Å²) in [5, 5.41) is 6.99. The fourth-order valence-electron chi connectivity index (χ4n) is 3.58. The molecule has 11 heteroatoms. The van der Waals surface area contributed by atoms with E-state index >= 15 is 0 Å². The van der Waals surface area contributed by atoms with Gasteiger partial charge < -0.3 is 24.2 Å². The summed E-state index contributed by atoms with van der Waals surface area (Å²) in [5.74, 6) is -1.19. The SMILES string of the molecule is CC(C)(C)OC(=O)NC1COc2c(cccc2C(F)(F)F)N(Cc2noc3ccccc23)C1=O. The van der Waals surface area contributed by atoms with E-state index in [0.717, 1.165) is 11.0 Å². The van der Waals surface area contributed by atoms with Crippen LogP contribution >= 0.6 is 0 Å². The first-order chi connectivity index (χ1) is 15.9. The highest BCUT2D eigenvalue weighted by Crippen LogP contribution is 2.43. The molecule has 1 aromatic heterocycles. The summed E-state index contributed by atoms with van der Waals surface area (Å²) in [7, 11) is 0. The summed E-state index contributed by atoms with van der Waals surface area (Å²) in [5.41, 5.74) is -1.18. The Kier molecular flexibility index (Phi) is 5.88. The summed E-state index contributed by atoms with van der Waals surface area (Å²) in [6.45, 7) is 4.20. The second kappa shape index (κ2) is 8.54. The van der Waals surface area contributed by atoms with Crippen molar-refractivity contribution in [3.05, 3.63) is 53.7 Å². The molecule has 0 bridgehead atoms. The lowest BCUT2D eigenvalue weighted by Gasteiger charge is -2.26. The maximum atomic E-state index is 13.7. The number of anilines is 1. The molecule has 0 radical (unpaired) electrons. The van der Waals surface area contributed by atoms with Crippen LogP contribution in [0.2, 0.25) is 0 Å². The Morgan fingerprint density at radius 3 is 2.62 bits per heavy atom. The molecule has 0 fully saturated rings. The minimum atomic E-state index is -4.72. The van der Waals surface area contributed by atoms with E-state index in [2.05, 4.69) is 10.5 Å². The second-order valence-corrected chi connectivity index (χ2v) is 8.71. The molecule has 3 aromatic rings. The molecule has 2 aromatic carbocycles. The number of aromatic nitrogens is 1. The summed E-state index contributed by atoms with van der Waals surface area (Å²) in [4.78, 5) is 26.9. The van der Waals surface area contributed by atoms with Crippen LogP contribution in [0, 0.1) is 0 Å². The fraction of sp³-hybridized carbons (Fsp3) is 0.348. The lowest BCUT2D eigenvalue weighted by Crippen LogP contribution is -2.51. The van der Waals surface area contributed by atoms with Gasteiger partial charge in [-0.25, -0.2) is 4.79 Å². The molecule has 0 aliphatic carbocycles. The molecule has 1 atom stereocenters. The summed E-state index contributed by atoms with van der Waals surface area (Å²) >= 11 is 0. The van der Waals surface area contributed by atoms with Crippen molar-refractivity contribution in [2.75, 3.05) is 11.5 Å². The Hall–Kier alpha value is -3.76. The highest BCUT2D eigenvalue weighted by Gasteiger charge is 2.41. The van der Waals surface area contributed by atoms with Crippen molar-refractivity contribution in [1.29, 1.82) is 0 Å². The lowest BCUT2D eigenvalue weighted by molar-refractivity contribution is -0.138. The Morgan fingerprint density at radius 2 is 1.91 bits per heavy atom. The van der Waals surface area contributed by atoms with Gasteiger partial charge in [-0.05, 0) is 45.0 Å². The van der Waals surface area contributed by atoms with Crippen LogP contribution in [0.3, 0.4) is 0 Å². The van der Waals surface area contributed by atoms with Gasteiger partial charge in [0.25, 0.3) is 5.91 Å². The molecule has 0 saturated heterocycles. The van der Waals surface area contributed by atoms with Crippen molar-refractivity contribution in [2.45, 2.75) is 45.1 Å². The predicted molar refractivity (Wildman–Crippen MR) is 115 cm³/mol. The smallest absolute Gasteiger partial charge is 0.420 e. The van der Waals surface area contributed by atoms with E-state index in [1.807, 2.05) is 0 Å². The third-order valence-corrected chi connectivity index (χ3v) is 5.00. The van der Waals surface area contributed by atoms with E-state index in [1.54, 1.807) is 45.0 Å². The molecule has 180 valence electrons. The van der Waals surface area contributed by atoms with Crippen LogP contribution in [0.25, 0.3) is 11.0 Å². The van der Waals surface area contributed by atoms with Crippen molar-refractivity contribution >= 4 is 28.7 Å². The second-order valence-electron chi connectivity index (χ2n) is 8.71. The molecule has 1 N–H and O–H groups in total. The number of hydrogen-bond donors (Lipinski definition) is 1. The third kappa shape index (κ3) is 4.78. The van der Waals surface area contributed by atoms with Gasteiger partial charge in [0.2, 0.25) is 0 Å². The van der Waals surface area contributed by atoms with Gasteiger partial charge >= 0.3 is 12.3 Å². The van der Waals surface area contributed by atoms with Gasteiger partial charge in [0.1, 0.15) is 23.9 Å². The largest absolute Gasteiger partial charge is 0.488 e. The molecule has 0 saturated carbocycles. The van der Waals surface area contributed by atoms with Crippen LogP contribution in [0.15, 0.2) is 47.0 Å². The Bertz CT molecular complexity index is 1230. The topological polar surface area (TPSA) is 93.9 Å². The zero-order valence-electron chi connectivity index (χ0n) is 18.6. The minimum Gasteiger partial charge on any atom is -0.488 e. The molecule has 8 nitrogen and oxygen atoms in total. The summed E-state index contributed by atoms with van der Waals surface area (Å²) < 4.78 is 57.1. The van der Waals surface area contributed by atoms with Crippen molar-refractivity contribution in [3.63, 3.8) is 0 Å². The van der Waals surface area contributed by atoms with E-state index in [-0.39, 0.29) is 12.2 Å². The summed E-state index contributed by atoms with van der Waals surface area (Å²) in [6.07, 6.45) is -5.62. The number of hydrogen-bond acceptors (Lipinski definition) is 6. The molecular formula is C23H22F3N3O5. The molecule has 2 heterocycles. The maximum Gasteiger partial charge on any atom is 0.420 e. The van der Waals surface area contributed by atoms with Crippen LogP contribution < -0.4 is 15.0 Å². The first-order valence-electron chi connectivity index (χ1n) is 10.4. The van der Waals surface area contributed by atoms with Gasteiger partial charge in [-0.1, -0.05) is 23.4 Å². The van der Waals surface area contributed by atoms with Gasteiger partial charge in [0.15, 0.2) is 11.3 Å². The van der Waals surface area contributed by atoms with Crippen LogP contribution in [-0.4, -0.2) is 35.4 Å². The number of amides is 2. The quantitative estimate of drug-likeness (QED) is 0.590. The monoisotopic (exact) mass is 477 g/mol. The molecule has 34 heavy (non-hydrogen) atoms. The number of carbonyl (C=O) groups is 2. The van der Waals surface area contributed by atoms with E-state index in [9.17, 15) is 22.8 Å². The van der Waals surface area contributed by atoms with E-state index in [4.69, 9.17) is 14.0 Å². The Labute approximate surface area is 192 Å². The fourth-order valence-corrected chi connectivity index (χ4v) is 3.58. The normalized spacial score (nSPS) is 16.6. The number of alkyl halides is 3. The van der Waals surface area contributed by atoms with Gasteiger partial charge in [-0.15, -0.1) is 0 Å². The Balaban J connectivity index is 1.75. The molecule has 1 aliphatic heterocycles. The number of benzene rings is 2.